The fourth-order valence-corrected chi connectivity index (χ4v) is 4.07. The van der Waals surface area contributed by atoms with Crippen molar-refractivity contribution in [2.75, 3.05) is 13.1 Å². The molecule has 1 unspecified atom stereocenters. The largest absolute Gasteiger partial charge is 0.459 e. The average molecular weight is 479 g/mol. The molecule has 10 heteroatoms. The Labute approximate surface area is 195 Å². The van der Waals surface area contributed by atoms with Gasteiger partial charge in [-0.15, -0.1) is 0 Å². The lowest BCUT2D eigenvalue weighted by atomic mass is 10.0. The number of aryl methyl sites for hydroxylation is 1. The molecule has 1 fully saturated rings. The molecule has 1 aliphatic heterocycles. The number of nitrogens with one attached hydrogen (secondary N) is 2. The minimum atomic E-state index is -4.55. The zero-order chi connectivity index (χ0) is 25.2. The fraction of sp³-hybridized carbons (Fsp3) is 0.458. The summed E-state index contributed by atoms with van der Waals surface area (Å²) in [7, 11) is 0. The topological polar surface area (TPSA) is 91.5 Å². The van der Waals surface area contributed by atoms with Crippen molar-refractivity contribution >= 4 is 17.8 Å². The number of hydrogen-bond acceptors (Lipinski definition) is 4. The second-order valence-corrected chi connectivity index (χ2v) is 8.67. The van der Waals surface area contributed by atoms with Crippen LogP contribution in [0.15, 0.2) is 24.3 Å². The zero-order valence-corrected chi connectivity index (χ0v) is 19.5. The summed E-state index contributed by atoms with van der Waals surface area (Å²) in [5, 5.41) is 2.75. The van der Waals surface area contributed by atoms with Crippen molar-refractivity contribution in [3.8, 4) is 0 Å². The highest BCUT2D eigenvalue weighted by Crippen LogP contribution is 2.31. The molecule has 0 aliphatic carbocycles. The van der Waals surface area contributed by atoms with Crippen LogP contribution in [-0.4, -0.2) is 46.9 Å². The number of alkyl halides is 3. The SMILES string of the molecule is Cc1[nH]c(C(=O)NC(CN2CCCC2=O)c2cccc(C(F)(F)F)c2)c(C)c1C(=O)OC(C)C. The number of H-pyrrole nitrogens is 1. The summed E-state index contributed by atoms with van der Waals surface area (Å²) in [5.74, 6) is -1.28. The Kier molecular flexibility index (Phi) is 7.38. The van der Waals surface area contributed by atoms with E-state index in [-0.39, 0.29) is 35.4 Å². The third-order valence-electron chi connectivity index (χ3n) is 5.71. The van der Waals surface area contributed by atoms with Gasteiger partial charge in [-0.05, 0) is 57.4 Å². The van der Waals surface area contributed by atoms with Gasteiger partial charge >= 0.3 is 12.1 Å². The molecule has 1 aromatic heterocycles. The van der Waals surface area contributed by atoms with Crippen molar-refractivity contribution in [1.29, 1.82) is 0 Å². The quantitative estimate of drug-likeness (QED) is 0.579. The molecule has 184 valence electrons. The molecule has 2 aromatic rings. The Morgan fingerprint density at radius 3 is 2.53 bits per heavy atom. The molecule has 1 aromatic carbocycles. The number of hydrogen-bond donors (Lipinski definition) is 2. The summed E-state index contributed by atoms with van der Waals surface area (Å²) >= 11 is 0. The van der Waals surface area contributed by atoms with E-state index in [1.807, 2.05) is 0 Å². The first-order valence-electron chi connectivity index (χ1n) is 11.0. The number of amides is 2. The number of halogens is 3. The second kappa shape index (κ2) is 9.90. The Morgan fingerprint density at radius 1 is 1.24 bits per heavy atom. The summed E-state index contributed by atoms with van der Waals surface area (Å²) < 4.78 is 45.1. The molecule has 0 radical (unpaired) electrons. The van der Waals surface area contributed by atoms with E-state index in [2.05, 4.69) is 10.3 Å². The average Bonchev–Trinajstić information content (AvgIpc) is 3.28. The van der Waals surface area contributed by atoms with Crippen molar-refractivity contribution in [2.45, 2.75) is 58.9 Å². The summed E-state index contributed by atoms with van der Waals surface area (Å²) in [6.45, 7) is 7.15. The minimum Gasteiger partial charge on any atom is -0.459 e. The van der Waals surface area contributed by atoms with Crippen LogP contribution in [0.25, 0.3) is 0 Å². The van der Waals surface area contributed by atoms with Crippen LogP contribution < -0.4 is 5.32 Å². The van der Waals surface area contributed by atoms with Crippen LogP contribution >= 0.6 is 0 Å². The molecule has 1 aliphatic rings. The molecule has 3 rings (SSSR count). The maximum absolute atomic E-state index is 13.3. The van der Waals surface area contributed by atoms with Crippen molar-refractivity contribution in [3.05, 3.63) is 57.9 Å². The first kappa shape index (κ1) is 25.3. The highest BCUT2D eigenvalue weighted by atomic mass is 19.4. The van der Waals surface area contributed by atoms with E-state index in [9.17, 15) is 27.6 Å². The first-order chi connectivity index (χ1) is 15.9. The van der Waals surface area contributed by atoms with Crippen molar-refractivity contribution in [1.82, 2.24) is 15.2 Å². The van der Waals surface area contributed by atoms with Gasteiger partial charge in [0.1, 0.15) is 5.69 Å². The number of benzene rings is 1. The molecule has 2 amide bonds. The maximum atomic E-state index is 13.3. The van der Waals surface area contributed by atoms with Gasteiger partial charge in [-0.1, -0.05) is 12.1 Å². The molecule has 0 bridgehead atoms. The Morgan fingerprint density at radius 2 is 1.94 bits per heavy atom. The molecular weight excluding hydrogens is 451 g/mol. The summed E-state index contributed by atoms with van der Waals surface area (Å²) in [6, 6.07) is 3.80. The number of rotatable bonds is 7. The number of carbonyl (C=O) groups excluding carboxylic acids is 3. The van der Waals surface area contributed by atoms with Gasteiger partial charge in [-0.2, -0.15) is 13.2 Å². The first-order valence-corrected chi connectivity index (χ1v) is 11.0. The van der Waals surface area contributed by atoms with Gasteiger partial charge in [-0.3, -0.25) is 9.59 Å². The van der Waals surface area contributed by atoms with Crippen LogP contribution in [0.1, 0.15) is 76.0 Å². The van der Waals surface area contributed by atoms with Crippen LogP contribution in [0.5, 0.6) is 0 Å². The molecular formula is C24H28F3N3O4. The van der Waals surface area contributed by atoms with Crippen LogP contribution in [0.2, 0.25) is 0 Å². The number of esters is 1. The van der Waals surface area contributed by atoms with Gasteiger partial charge in [-0.25, -0.2) is 4.79 Å². The van der Waals surface area contributed by atoms with Gasteiger partial charge in [0, 0.05) is 25.2 Å². The number of likely N-dealkylation sites (tertiary alicyclic amines) is 1. The smallest absolute Gasteiger partial charge is 0.416 e. The number of ether oxygens (including phenoxy) is 1. The van der Waals surface area contributed by atoms with Gasteiger partial charge in [0.25, 0.3) is 5.91 Å². The third kappa shape index (κ3) is 5.60. The number of carbonyl (C=O) groups is 3. The third-order valence-corrected chi connectivity index (χ3v) is 5.71. The molecule has 7 nitrogen and oxygen atoms in total. The Bertz CT molecular complexity index is 1090. The predicted molar refractivity (Wildman–Crippen MR) is 118 cm³/mol. The summed E-state index contributed by atoms with van der Waals surface area (Å²) in [4.78, 5) is 42.2. The van der Waals surface area contributed by atoms with E-state index in [1.54, 1.807) is 27.7 Å². The maximum Gasteiger partial charge on any atom is 0.416 e. The highest BCUT2D eigenvalue weighted by Gasteiger charge is 2.33. The van der Waals surface area contributed by atoms with Gasteiger partial charge in [0.05, 0.1) is 23.3 Å². The molecule has 2 N–H and O–H groups in total. The van der Waals surface area contributed by atoms with E-state index in [4.69, 9.17) is 4.74 Å². The van der Waals surface area contributed by atoms with Gasteiger partial charge in [0.15, 0.2) is 0 Å². The van der Waals surface area contributed by atoms with Crippen LogP contribution in [-0.2, 0) is 15.7 Å². The van der Waals surface area contributed by atoms with Crippen LogP contribution in [0, 0.1) is 13.8 Å². The second-order valence-electron chi connectivity index (χ2n) is 8.67. The number of nitrogens with zero attached hydrogens (tertiary/aromatic N) is 1. The van der Waals surface area contributed by atoms with E-state index in [0.29, 0.717) is 30.6 Å². The van der Waals surface area contributed by atoms with Gasteiger partial charge in [0.2, 0.25) is 5.91 Å². The summed E-state index contributed by atoms with van der Waals surface area (Å²) in [6.07, 6.45) is -3.88. The monoisotopic (exact) mass is 479 g/mol. The zero-order valence-electron chi connectivity index (χ0n) is 19.5. The van der Waals surface area contributed by atoms with E-state index < -0.39 is 29.7 Å². The molecule has 0 saturated carbocycles. The van der Waals surface area contributed by atoms with Crippen LogP contribution in [0.4, 0.5) is 13.2 Å². The van der Waals surface area contributed by atoms with Crippen molar-refractivity contribution in [3.63, 3.8) is 0 Å². The Balaban J connectivity index is 1.92. The van der Waals surface area contributed by atoms with Gasteiger partial charge < -0.3 is 19.9 Å². The minimum absolute atomic E-state index is 0.0346. The van der Waals surface area contributed by atoms with E-state index >= 15 is 0 Å². The Hall–Kier alpha value is -3.30. The van der Waals surface area contributed by atoms with Crippen molar-refractivity contribution < 1.29 is 32.3 Å². The van der Waals surface area contributed by atoms with E-state index in [0.717, 1.165) is 12.1 Å². The van der Waals surface area contributed by atoms with Crippen molar-refractivity contribution in [2.24, 2.45) is 0 Å². The molecule has 2 heterocycles. The van der Waals surface area contributed by atoms with E-state index in [1.165, 1.54) is 17.0 Å². The molecule has 34 heavy (non-hydrogen) atoms. The highest BCUT2D eigenvalue weighted by molar-refractivity contribution is 6.00. The van der Waals surface area contributed by atoms with Crippen LogP contribution in [0.3, 0.4) is 0 Å². The molecule has 1 atom stereocenters. The fourth-order valence-electron chi connectivity index (χ4n) is 4.07. The molecule has 0 spiro atoms. The standard InChI is InChI=1S/C24H28F3N3O4/c1-13(2)34-23(33)20-14(3)21(28-15(20)4)22(32)29-18(12-30-10-6-9-19(30)31)16-7-5-8-17(11-16)24(25,26)27/h5,7-8,11,13,18,28H,6,9-10,12H2,1-4H3,(H,29,32). The lowest BCUT2D eigenvalue weighted by Crippen LogP contribution is -2.39. The number of aromatic amines is 1. The lowest BCUT2D eigenvalue weighted by Gasteiger charge is -2.26. The lowest BCUT2D eigenvalue weighted by molar-refractivity contribution is -0.137. The summed E-state index contributed by atoms with van der Waals surface area (Å²) in [5.41, 5.74) is 0.548. The normalized spacial score (nSPS) is 15.1. The predicted octanol–water partition coefficient (Wildman–Crippen LogP) is 4.31. The number of aromatic nitrogens is 1. The molecule has 1 saturated heterocycles.